The van der Waals surface area contributed by atoms with E-state index in [2.05, 4.69) is 25.6 Å². The van der Waals surface area contributed by atoms with Crippen LogP contribution in [0.2, 0.25) is 0 Å². The summed E-state index contributed by atoms with van der Waals surface area (Å²) >= 11 is 1.35. The van der Waals surface area contributed by atoms with Crippen LogP contribution in [-0.2, 0) is 11.0 Å². The predicted molar refractivity (Wildman–Crippen MR) is 84.6 cm³/mol. The second-order valence-corrected chi connectivity index (χ2v) is 5.29. The van der Waals surface area contributed by atoms with Crippen LogP contribution in [0.3, 0.4) is 0 Å². The summed E-state index contributed by atoms with van der Waals surface area (Å²) in [6.45, 7) is -0.220. The SMILES string of the molecule is CSc1cc(NCC(=O)Nc2cccc(C(F)(F)F)n2)nc(N)n1. The second-order valence-electron chi connectivity index (χ2n) is 4.46. The molecule has 128 valence electrons. The molecule has 2 rings (SSSR count). The number of carbonyl (C=O) groups is 1. The summed E-state index contributed by atoms with van der Waals surface area (Å²) in [6.07, 6.45) is -2.77. The number of aromatic nitrogens is 3. The largest absolute Gasteiger partial charge is 0.433 e. The number of anilines is 3. The van der Waals surface area contributed by atoms with Gasteiger partial charge in [-0.3, -0.25) is 4.79 Å². The van der Waals surface area contributed by atoms with Crippen molar-refractivity contribution in [2.45, 2.75) is 11.2 Å². The number of hydrogen-bond acceptors (Lipinski definition) is 7. The Morgan fingerprint density at radius 1 is 1.25 bits per heavy atom. The molecule has 0 unspecified atom stereocenters. The third-order valence-electron chi connectivity index (χ3n) is 2.67. The molecule has 2 aromatic rings. The highest BCUT2D eigenvalue weighted by molar-refractivity contribution is 7.98. The predicted octanol–water partition coefficient (Wildman–Crippen LogP) is 2.25. The van der Waals surface area contributed by atoms with Crippen molar-refractivity contribution < 1.29 is 18.0 Å². The highest BCUT2D eigenvalue weighted by atomic mass is 32.2. The Balaban J connectivity index is 1.98. The van der Waals surface area contributed by atoms with Gasteiger partial charge in [0.1, 0.15) is 22.4 Å². The molecule has 0 fully saturated rings. The molecule has 0 aliphatic rings. The Bertz CT molecular complexity index is 740. The van der Waals surface area contributed by atoms with Crippen LogP contribution in [-0.4, -0.2) is 33.7 Å². The van der Waals surface area contributed by atoms with Crippen molar-refractivity contribution in [3.05, 3.63) is 30.0 Å². The van der Waals surface area contributed by atoms with Gasteiger partial charge in [0.2, 0.25) is 11.9 Å². The van der Waals surface area contributed by atoms with Crippen LogP contribution in [0.5, 0.6) is 0 Å². The average Bonchev–Trinajstić information content (AvgIpc) is 2.52. The Morgan fingerprint density at radius 2 is 2.00 bits per heavy atom. The minimum Gasteiger partial charge on any atom is -0.368 e. The van der Waals surface area contributed by atoms with E-state index in [1.807, 2.05) is 0 Å². The van der Waals surface area contributed by atoms with Crippen LogP contribution in [0.25, 0.3) is 0 Å². The van der Waals surface area contributed by atoms with Crippen LogP contribution in [0.1, 0.15) is 5.69 Å². The van der Waals surface area contributed by atoms with Gasteiger partial charge in [-0.15, -0.1) is 11.8 Å². The molecule has 24 heavy (non-hydrogen) atoms. The first-order valence-electron chi connectivity index (χ1n) is 6.54. The van der Waals surface area contributed by atoms with Gasteiger partial charge < -0.3 is 16.4 Å². The van der Waals surface area contributed by atoms with Crippen LogP contribution >= 0.6 is 11.8 Å². The minimum absolute atomic E-state index is 0.0457. The molecule has 7 nitrogen and oxygen atoms in total. The third kappa shape index (κ3) is 4.98. The number of nitrogens with one attached hydrogen (secondary N) is 2. The van der Waals surface area contributed by atoms with Crippen LogP contribution in [0.15, 0.2) is 29.3 Å². The maximum absolute atomic E-state index is 12.6. The summed E-state index contributed by atoms with van der Waals surface area (Å²) in [7, 11) is 0. The van der Waals surface area contributed by atoms with Gasteiger partial charge in [0.15, 0.2) is 0 Å². The molecule has 0 radical (unpaired) electrons. The molecule has 2 aromatic heterocycles. The zero-order valence-corrected chi connectivity index (χ0v) is 13.2. The van der Waals surface area contributed by atoms with Crippen molar-refractivity contribution in [3.63, 3.8) is 0 Å². The van der Waals surface area contributed by atoms with Crippen molar-refractivity contribution in [1.82, 2.24) is 15.0 Å². The Kier molecular flexibility index (Phi) is 5.44. The van der Waals surface area contributed by atoms with E-state index in [1.54, 1.807) is 12.3 Å². The maximum Gasteiger partial charge on any atom is 0.433 e. The fraction of sp³-hybridized carbons (Fsp3) is 0.231. The number of rotatable bonds is 5. The fourth-order valence-corrected chi connectivity index (χ4v) is 2.07. The van der Waals surface area contributed by atoms with Crippen molar-refractivity contribution in [1.29, 1.82) is 0 Å². The summed E-state index contributed by atoms with van der Waals surface area (Å²) in [5.41, 5.74) is 4.45. The quantitative estimate of drug-likeness (QED) is 0.556. The third-order valence-corrected chi connectivity index (χ3v) is 3.29. The molecule has 0 saturated heterocycles. The zero-order chi connectivity index (χ0) is 17.7. The van der Waals surface area contributed by atoms with E-state index < -0.39 is 17.8 Å². The van der Waals surface area contributed by atoms with E-state index in [9.17, 15) is 18.0 Å². The van der Waals surface area contributed by atoms with Gasteiger partial charge in [-0.05, 0) is 18.4 Å². The van der Waals surface area contributed by atoms with E-state index in [-0.39, 0.29) is 18.3 Å². The zero-order valence-electron chi connectivity index (χ0n) is 12.4. The van der Waals surface area contributed by atoms with E-state index in [1.165, 1.54) is 17.8 Å². The Morgan fingerprint density at radius 3 is 2.67 bits per heavy atom. The normalized spacial score (nSPS) is 11.2. The average molecular weight is 358 g/mol. The summed E-state index contributed by atoms with van der Waals surface area (Å²) < 4.78 is 37.7. The lowest BCUT2D eigenvalue weighted by atomic mass is 10.3. The van der Waals surface area contributed by atoms with Crippen molar-refractivity contribution in [3.8, 4) is 0 Å². The molecular weight excluding hydrogens is 345 g/mol. The molecule has 4 N–H and O–H groups in total. The smallest absolute Gasteiger partial charge is 0.368 e. The Labute approximate surface area is 139 Å². The highest BCUT2D eigenvalue weighted by Crippen LogP contribution is 2.28. The van der Waals surface area contributed by atoms with Gasteiger partial charge in [0.05, 0.1) is 6.54 Å². The van der Waals surface area contributed by atoms with E-state index in [0.717, 1.165) is 12.1 Å². The van der Waals surface area contributed by atoms with Gasteiger partial charge in [0.25, 0.3) is 0 Å². The number of thioether (sulfide) groups is 1. The molecule has 11 heteroatoms. The molecule has 0 atom stereocenters. The summed E-state index contributed by atoms with van der Waals surface area (Å²) in [4.78, 5) is 23.0. The Hall–Kier alpha value is -2.56. The second kappa shape index (κ2) is 7.34. The van der Waals surface area contributed by atoms with Crippen molar-refractivity contribution in [2.75, 3.05) is 29.2 Å². The molecular formula is C13H13F3N6OS. The lowest BCUT2D eigenvalue weighted by Crippen LogP contribution is -2.23. The fourth-order valence-electron chi connectivity index (χ4n) is 1.66. The summed E-state index contributed by atoms with van der Waals surface area (Å²) in [5.74, 6) is -0.392. The number of amides is 1. The highest BCUT2D eigenvalue weighted by Gasteiger charge is 2.32. The summed E-state index contributed by atoms with van der Waals surface area (Å²) in [5, 5.41) is 5.61. The first kappa shape index (κ1) is 17.8. The number of nitrogens with two attached hydrogens (primary N) is 1. The van der Waals surface area contributed by atoms with Crippen molar-refractivity contribution in [2.24, 2.45) is 0 Å². The standard InChI is InChI=1S/C13H13F3N6OS/c1-24-11-5-9(21-12(17)22-11)18-6-10(23)20-8-4-2-3-7(19-8)13(14,15)16/h2-5H,6H2,1H3,(H,19,20,23)(H3,17,18,21,22). The van der Waals surface area contributed by atoms with Gasteiger partial charge in [-0.25, -0.2) is 9.97 Å². The molecule has 0 spiro atoms. The number of hydrogen-bond donors (Lipinski definition) is 3. The molecule has 2 heterocycles. The topological polar surface area (TPSA) is 106 Å². The molecule has 0 bridgehead atoms. The molecule has 1 amide bonds. The lowest BCUT2D eigenvalue weighted by Gasteiger charge is -2.10. The lowest BCUT2D eigenvalue weighted by molar-refractivity contribution is -0.141. The molecule has 0 aromatic carbocycles. The van der Waals surface area contributed by atoms with Crippen LogP contribution < -0.4 is 16.4 Å². The monoisotopic (exact) mass is 358 g/mol. The van der Waals surface area contributed by atoms with E-state index in [0.29, 0.717) is 10.8 Å². The molecule has 0 aliphatic heterocycles. The first-order chi connectivity index (χ1) is 11.3. The summed E-state index contributed by atoms with van der Waals surface area (Å²) in [6, 6.07) is 4.84. The van der Waals surface area contributed by atoms with Gasteiger partial charge in [0, 0.05) is 6.07 Å². The van der Waals surface area contributed by atoms with Crippen molar-refractivity contribution >= 4 is 35.3 Å². The van der Waals surface area contributed by atoms with E-state index >= 15 is 0 Å². The number of halogens is 3. The van der Waals surface area contributed by atoms with Gasteiger partial charge in [-0.2, -0.15) is 18.2 Å². The van der Waals surface area contributed by atoms with Gasteiger partial charge >= 0.3 is 6.18 Å². The number of carbonyl (C=O) groups excluding carboxylic acids is 1. The number of nitrogens with zero attached hydrogens (tertiary/aromatic N) is 3. The van der Waals surface area contributed by atoms with Crippen LogP contribution in [0, 0.1) is 0 Å². The van der Waals surface area contributed by atoms with Gasteiger partial charge in [-0.1, -0.05) is 6.07 Å². The first-order valence-corrected chi connectivity index (χ1v) is 7.77. The van der Waals surface area contributed by atoms with Crippen LogP contribution in [0.4, 0.5) is 30.8 Å². The molecule has 0 aliphatic carbocycles. The number of alkyl halides is 3. The number of nitrogen functional groups attached to an aromatic ring is 1. The number of pyridine rings is 1. The minimum atomic E-state index is -4.58. The maximum atomic E-state index is 12.6. The van der Waals surface area contributed by atoms with E-state index in [4.69, 9.17) is 5.73 Å². The molecule has 0 saturated carbocycles.